The van der Waals surface area contributed by atoms with Gasteiger partial charge in [-0.1, -0.05) is 19.8 Å². The monoisotopic (exact) mass is 350 g/mol. The average Bonchev–Trinajstić information content (AvgIpc) is 2.60. The number of hydrogen-bond acceptors (Lipinski definition) is 2. The lowest BCUT2D eigenvalue weighted by molar-refractivity contribution is -0.140. The molecule has 2 saturated carbocycles. The third kappa shape index (κ3) is 4.43. The third-order valence-electron chi connectivity index (χ3n) is 6.63. The van der Waals surface area contributed by atoms with Gasteiger partial charge in [0.2, 0.25) is 0 Å². The molecule has 2 aliphatic carbocycles. The van der Waals surface area contributed by atoms with Crippen molar-refractivity contribution in [1.82, 2.24) is 0 Å². The Bertz CT molecular complexity index is 596. The maximum Gasteiger partial charge on any atom is 0.314 e. The second-order valence-electron chi connectivity index (χ2n) is 8.40. The van der Waals surface area contributed by atoms with Crippen LogP contribution in [0.3, 0.4) is 0 Å². The van der Waals surface area contributed by atoms with E-state index in [1.54, 1.807) is 13.0 Å². The minimum Gasteiger partial charge on any atom is -0.426 e. The fourth-order valence-electron chi connectivity index (χ4n) is 4.63. The van der Waals surface area contributed by atoms with E-state index in [9.17, 15) is 9.18 Å². The van der Waals surface area contributed by atoms with Gasteiger partial charge in [-0.3, -0.25) is 4.79 Å². The van der Waals surface area contributed by atoms with Gasteiger partial charge in [0, 0.05) is 8.92 Å². The minimum absolute atomic E-state index is 0. The van der Waals surface area contributed by atoms with Crippen LogP contribution >= 0.6 is 0 Å². The summed E-state index contributed by atoms with van der Waals surface area (Å²) >= 11 is 0. The molecule has 0 aliphatic heterocycles. The van der Waals surface area contributed by atoms with Gasteiger partial charge in [0.05, 0.1) is 5.92 Å². The van der Waals surface area contributed by atoms with Crippen molar-refractivity contribution in [2.75, 3.05) is 0 Å². The molecule has 0 saturated heterocycles. The average molecular weight is 351 g/mol. The van der Waals surface area contributed by atoms with E-state index in [4.69, 9.17) is 4.74 Å². The van der Waals surface area contributed by atoms with E-state index in [2.05, 4.69) is 6.92 Å². The summed E-state index contributed by atoms with van der Waals surface area (Å²) in [4.78, 5) is 12.5. The highest BCUT2D eigenvalue weighted by molar-refractivity contribution is 5.75. The SMILES string of the molecule is Cc1cc(OC(=O)C2CCC(C3CCC(C)CC3)CC2)cc(F)c1C.[HH].[HH]. The van der Waals surface area contributed by atoms with Crippen LogP contribution < -0.4 is 4.74 Å². The number of benzene rings is 1. The summed E-state index contributed by atoms with van der Waals surface area (Å²) in [6, 6.07) is 3.08. The maximum absolute atomic E-state index is 13.8. The zero-order valence-electron chi connectivity index (χ0n) is 15.8. The standard InChI is InChI=1S/C22H31FO2.2H2/c1-14-4-6-17(7-5-14)18-8-10-19(11-9-18)22(24)25-20-12-15(2)16(3)21(23)13-20;;/h12-14,17-19H,4-11H2,1-3H3;2*1H. The van der Waals surface area contributed by atoms with Crippen molar-refractivity contribution in [2.45, 2.75) is 72.1 Å². The quantitative estimate of drug-likeness (QED) is 0.461. The predicted molar refractivity (Wildman–Crippen MR) is 102 cm³/mol. The number of carbonyl (C=O) groups excluding carboxylic acids is 1. The topological polar surface area (TPSA) is 26.3 Å². The molecular formula is C22H35FO2. The van der Waals surface area contributed by atoms with E-state index in [0.29, 0.717) is 11.3 Å². The molecule has 0 radical (unpaired) electrons. The first-order valence-corrected chi connectivity index (χ1v) is 9.92. The fraction of sp³-hybridized carbons (Fsp3) is 0.682. The molecule has 3 heteroatoms. The Labute approximate surface area is 154 Å². The van der Waals surface area contributed by atoms with Crippen molar-refractivity contribution in [3.63, 3.8) is 0 Å². The van der Waals surface area contributed by atoms with Gasteiger partial charge in [-0.15, -0.1) is 0 Å². The smallest absolute Gasteiger partial charge is 0.314 e. The third-order valence-corrected chi connectivity index (χ3v) is 6.63. The summed E-state index contributed by atoms with van der Waals surface area (Å²) in [6.45, 7) is 5.94. The first-order chi connectivity index (χ1) is 11.9. The van der Waals surface area contributed by atoms with E-state index in [0.717, 1.165) is 49.0 Å². The normalized spacial score (nSPS) is 30.1. The first kappa shape index (κ1) is 18.4. The Morgan fingerprint density at radius 3 is 2.12 bits per heavy atom. The molecule has 25 heavy (non-hydrogen) atoms. The molecule has 3 rings (SSSR count). The summed E-state index contributed by atoms with van der Waals surface area (Å²) in [6.07, 6.45) is 9.58. The molecule has 1 aromatic carbocycles. The van der Waals surface area contributed by atoms with Crippen molar-refractivity contribution >= 4 is 5.97 Å². The van der Waals surface area contributed by atoms with Crippen LogP contribution in [0, 0.1) is 43.3 Å². The van der Waals surface area contributed by atoms with Gasteiger partial charge in [-0.2, -0.15) is 0 Å². The van der Waals surface area contributed by atoms with Crippen LogP contribution in [0.2, 0.25) is 0 Å². The zero-order valence-corrected chi connectivity index (χ0v) is 15.8. The Hall–Kier alpha value is -1.38. The highest BCUT2D eigenvalue weighted by atomic mass is 19.1. The molecule has 0 heterocycles. The van der Waals surface area contributed by atoms with Crippen LogP contribution in [-0.4, -0.2) is 5.97 Å². The number of aryl methyl sites for hydroxylation is 1. The van der Waals surface area contributed by atoms with Gasteiger partial charge in [0.15, 0.2) is 0 Å². The van der Waals surface area contributed by atoms with Gasteiger partial charge in [-0.05, 0) is 87.3 Å². The zero-order chi connectivity index (χ0) is 18.0. The molecule has 0 spiro atoms. The van der Waals surface area contributed by atoms with Crippen LogP contribution in [0.1, 0.15) is 72.3 Å². The number of esters is 1. The summed E-state index contributed by atoms with van der Waals surface area (Å²) in [5.41, 5.74) is 1.43. The number of halogens is 1. The molecular weight excluding hydrogens is 315 g/mol. The Morgan fingerprint density at radius 2 is 1.56 bits per heavy atom. The highest BCUT2D eigenvalue weighted by Crippen LogP contribution is 2.41. The highest BCUT2D eigenvalue weighted by Gasteiger charge is 2.33. The molecule has 0 atom stereocenters. The van der Waals surface area contributed by atoms with Gasteiger partial charge < -0.3 is 4.74 Å². The lowest BCUT2D eigenvalue weighted by atomic mass is 9.69. The van der Waals surface area contributed by atoms with Crippen LogP contribution in [-0.2, 0) is 4.79 Å². The number of ether oxygens (including phenoxy) is 1. The van der Waals surface area contributed by atoms with Gasteiger partial charge >= 0.3 is 5.97 Å². The molecule has 2 fully saturated rings. The van der Waals surface area contributed by atoms with Gasteiger partial charge in [-0.25, -0.2) is 4.39 Å². The molecule has 2 aliphatic rings. The van der Waals surface area contributed by atoms with Crippen LogP contribution in [0.4, 0.5) is 4.39 Å². The summed E-state index contributed by atoms with van der Waals surface area (Å²) < 4.78 is 19.3. The minimum atomic E-state index is -0.307. The Kier molecular flexibility index (Phi) is 5.81. The summed E-state index contributed by atoms with van der Waals surface area (Å²) in [5.74, 6) is 2.37. The molecule has 0 N–H and O–H groups in total. The van der Waals surface area contributed by atoms with Crippen LogP contribution in [0.5, 0.6) is 5.75 Å². The molecule has 2 nitrogen and oxygen atoms in total. The van der Waals surface area contributed by atoms with E-state index < -0.39 is 0 Å². The maximum atomic E-state index is 13.8. The van der Waals surface area contributed by atoms with Crippen molar-refractivity contribution in [1.29, 1.82) is 0 Å². The number of carbonyl (C=O) groups is 1. The largest absolute Gasteiger partial charge is 0.426 e. The summed E-state index contributed by atoms with van der Waals surface area (Å²) in [7, 11) is 0. The van der Waals surface area contributed by atoms with E-state index >= 15 is 0 Å². The number of hydrogen-bond donors (Lipinski definition) is 0. The van der Waals surface area contributed by atoms with Crippen molar-refractivity contribution in [3.8, 4) is 5.75 Å². The first-order valence-electron chi connectivity index (χ1n) is 9.92. The Morgan fingerprint density at radius 1 is 1.00 bits per heavy atom. The molecule has 0 bridgehead atoms. The summed E-state index contributed by atoms with van der Waals surface area (Å²) in [5, 5.41) is 0. The van der Waals surface area contributed by atoms with Crippen LogP contribution in [0.15, 0.2) is 12.1 Å². The lowest BCUT2D eigenvalue weighted by Gasteiger charge is -2.36. The van der Waals surface area contributed by atoms with Crippen molar-refractivity contribution in [3.05, 3.63) is 29.1 Å². The van der Waals surface area contributed by atoms with E-state index in [1.807, 2.05) is 6.92 Å². The number of rotatable bonds is 3. The molecule has 0 aromatic heterocycles. The molecule has 142 valence electrons. The van der Waals surface area contributed by atoms with Crippen LogP contribution in [0.25, 0.3) is 0 Å². The van der Waals surface area contributed by atoms with Crippen molar-refractivity contribution in [2.24, 2.45) is 23.7 Å². The Balaban J connectivity index is 0.00000182. The molecule has 0 unspecified atom stereocenters. The lowest BCUT2D eigenvalue weighted by Crippen LogP contribution is -2.29. The van der Waals surface area contributed by atoms with E-state index in [-0.39, 0.29) is 20.6 Å². The second kappa shape index (κ2) is 7.88. The van der Waals surface area contributed by atoms with Gasteiger partial charge in [0.25, 0.3) is 0 Å². The predicted octanol–water partition coefficient (Wildman–Crippen LogP) is 6.47. The molecule has 0 amide bonds. The van der Waals surface area contributed by atoms with E-state index in [1.165, 1.54) is 31.7 Å². The van der Waals surface area contributed by atoms with Crippen molar-refractivity contribution < 1.29 is 16.8 Å². The van der Waals surface area contributed by atoms with Gasteiger partial charge in [0.1, 0.15) is 11.6 Å². The second-order valence-corrected chi connectivity index (χ2v) is 8.40. The fourth-order valence-corrected chi connectivity index (χ4v) is 4.63. The molecule has 1 aromatic rings.